The van der Waals surface area contributed by atoms with E-state index in [9.17, 15) is 8.78 Å². The highest BCUT2D eigenvalue weighted by atomic mass is 19.2. The summed E-state index contributed by atoms with van der Waals surface area (Å²) >= 11 is 0. The van der Waals surface area contributed by atoms with Crippen LogP contribution in [0.2, 0.25) is 0 Å². The third kappa shape index (κ3) is 8.87. The lowest BCUT2D eigenvalue weighted by atomic mass is 10.0. The first-order valence-electron chi connectivity index (χ1n) is 16.8. The molecule has 0 bridgehead atoms. The van der Waals surface area contributed by atoms with Gasteiger partial charge in [-0.15, -0.1) is 0 Å². The van der Waals surface area contributed by atoms with Gasteiger partial charge in [0.15, 0.2) is 17.5 Å². The normalized spacial score (nSPS) is 19.2. The van der Waals surface area contributed by atoms with E-state index in [4.69, 9.17) is 5.26 Å². The van der Waals surface area contributed by atoms with Crippen LogP contribution in [0, 0.1) is 35.8 Å². The Bertz CT molecular complexity index is 1650. The van der Waals surface area contributed by atoms with Gasteiger partial charge in [-0.2, -0.15) is 5.26 Å². The van der Waals surface area contributed by atoms with Crippen molar-refractivity contribution in [2.45, 2.75) is 66.3 Å². The molecule has 0 aliphatic carbocycles. The van der Waals surface area contributed by atoms with Crippen molar-refractivity contribution in [3.8, 4) is 6.07 Å². The molecule has 0 saturated carbocycles. The van der Waals surface area contributed by atoms with Crippen LogP contribution in [0.5, 0.6) is 0 Å². The summed E-state index contributed by atoms with van der Waals surface area (Å²) < 4.78 is 29.4. The van der Waals surface area contributed by atoms with Crippen LogP contribution in [0.1, 0.15) is 69.2 Å². The summed E-state index contributed by atoms with van der Waals surface area (Å²) in [6.45, 7) is 23.3. The fraction of sp³-hybridized carbons (Fsp3) is 0.410. The lowest BCUT2D eigenvalue weighted by Crippen LogP contribution is -2.47. The van der Waals surface area contributed by atoms with Gasteiger partial charge in [-0.1, -0.05) is 50.8 Å². The fourth-order valence-electron chi connectivity index (χ4n) is 6.20. The van der Waals surface area contributed by atoms with Crippen LogP contribution in [0.3, 0.4) is 0 Å². The second-order valence-electron chi connectivity index (χ2n) is 12.6. The van der Waals surface area contributed by atoms with Crippen LogP contribution >= 0.6 is 0 Å². The Labute approximate surface area is 285 Å². The molecule has 2 aromatic carbocycles. The predicted molar refractivity (Wildman–Crippen MR) is 196 cm³/mol. The highest BCUT2D eigenvalue weighted by molar-refractivity contribution is 6.45. The van der Waals surface area contributed by atoms with E-state index in [1.807, 2.05) is 32.1 Å². The third-order valence-corrected chi connectivity index (χ3v) is 9.31. The first-order valence-corrected chi connectivity index (χ1v) is 16.8. The number of piperazine rings is 1. The molecule has 2 N–H and O–H groups in total. The van der Waals surface area contributed by atoms with Crippen molar-refractivity contribution in [2.75, 3.05) is 38.0 Å². The molecule has 0 radical (unpaired) electrons. The molecule has 2 atom stereocenters. The smallest absolute Gasteiger partial charge is 0.166 e. The summed E-state index contributed by atoms with van der Waals surface area (Å²) in [7, 11) is 0. The van der Waals surface area contributed by atoms with E-state index in [0.717, 1.165) is 61.2 Å². The van der Waals surface area contributed by atoms with Crippen molar-refractivity contribution >= 4 is 28.5 Å². The topological polar surface area (TPSA) is 79.0 Å². The molecular weight excluding hydrogens is 604 g/mol. The van der Waals surface area contributed by atoms with Gasteiger partial charge in [0, 0.05) is 79.2 Å². The molecular formula is C39H49F2N7. The first-order chi connectivity index (χ1) is 23.1. The van der Waals surface area contributed by atoms with Gasteiger partial charge < -0.3 is 20.4 Å². The number of aliphatic imine (C=N–C) groups is 2. The van der Waals surface area contributed by atoms with E-state index in [1.165, 1.54) is 36.9 Å². The van der Waals surface area contributed by atoms with E-state index >= 15 is 0 Å². The molecule has 0 amide bonds. The second-order valence-corrected chi connectivity index (χ2v) is 12.6. The number of amidine groups is 1. The third-order valence-electron chi connectivity index (χ3n) is 9.31. The number of hydrogen-bond acceptors (Lipinski definition) is 6. The molecule has 0 spiro atoms. The van der Waals surface area contributed by atoms with E-state index in [0.29, 0.717) is 23.2 Å². The second kappa shape index (κ2) is 17.0. The van der Waals surface area contributed by atoms with E-state index < -0.39 is 11.6 Å². The van der Waals surface area contributed by atoms with Crippen molar-refractivity contribution in [2.24, 2.45) is 15.9 Å². The number of benzene rings is 2. The summed E-state index contributed by atoms with van der Waals surface area (Å²) in [6.07, 6.45) is 7.67. The lowest BCUT2D eigenvalue weighted by Gasteiger charge is -2.40. The minimum Gasteiger partial charge on any atom is -0.370 e. The standard InChI is InChI=1S/C39H49F2N7/c1-8-17-43-39(28(5)44-24-27(4)35-14-12-32(11-10-16-42)37(40)38(35)41)46-33-13-15-34(26(3)22-33)29(6)47-18-20-48(21-19-47)30(7)36-23-31(9-2)25-45-36/h8,12-15,17,22,24,31,36,45H,6-7,9-11,18-21,23,25H2,1-5H3,(H,43,46)/b17-8-,27-24+,44-28+. The molecule has 2 unspecified atom stereocenters. The highest BCUT2D eigenvalue weighted by Gasteiger charge is 2.29. The molecule has 9 heteroatoms. The van der Waals surface area contributed by atoms with Gasteiger partial charge in [0.05, 0.1) is 11.8 Å². The minimum absolute atomic E-state index is 0.124. The summed E-state index contributed by atoms with van der Waals surface area (Å²) in [4.78, 5) is 13.9. The molecule has 7 nitrogen and oxygen atoms in total. The van der Waals surface area contributed by atoms with Crippen LogP contribution < -0.4 is 10.6 Å². The number of hydrogen-bond donors (Lipinski definition) is 2. The molecule has 2 heterocycles. The van der Waals surface area contributed by atoms with E-state index in [2.05, 4.69) is 69.6 Å². The van der Waals surface area contributed by atoms with E-state index in [1.54, 1.807) is 13.1 Å². The monoisotopic (exact) mass is 653 g/mol. The summed E-state index contributed by atoms with van der Waals surface area (Å²) in [5, 5.41) is 15.8. The van der Waals surface area contributed by atoms with Crippen LogP contribution in [-0.2, 0) is 6.42 Å². The maximum atomic E-state index is 14.8. The Balaban J connectivity index is 1.42. The number of nitrogens with one attached hydrogen (secondary N) is 2. The molecule has 0 aromatic heterocycles. The summed E-state index contributed by atoms with van der Waals surface area (Å²) in [6, 6.07) is 11.6. The zero-order valence-electron chi connectivity index (χ0n) is 29.0. The van der Waals surface area contributed by atoms with Crippen LogP contribution in [0.25, 0.3) is 11.3 Å². The Morgan fingerprint density at radius 3 is 2.42 bits per heavy atom. The maximum Gasteiger partial charge on any atom is 0.166 e. The average Bonchev–Trinajstić information content (AvgIpc) is 3.58. The maximum absolute atomic E-state index is 14.8. The molecule has 2 aliphatic heterocycles. The van der Waals surface area contributed by atoms with Gasteiger partial charge in [-0.25, -0.2) is 13.8 Å². The van der Waals surface area contributed by atoms with Crippen molar-refractivity contribution in [3.63, 3.8) is 0 Å². The summed E-state index contributed by atoms with van der Waals surface area (Å²) in [5.74, 6) is -0.598. The Kier molecular flexibility index (Phi) is 12.9. The van der Waals surface area contributed by atoms with Gasteiger partial charge in [0.2, 0.25) is 0 Å². The van der Waals surface area contributed by atoms with Crippen molar-refractivity contribution in [1.29, 1.82) is 5.26 Å². The molecule has 4 rings (SSSR count). The molecule has 2 aliphatic rings. The number of anilines is 1. The number of halogens is 2. The van der Waals surface area contributed by atoms with Crippen molar-refractivity contribution < 1.29 is 8.78 Å². The van der Waals surface area contributed by atoms with Gasteiger partial charge in [0.25, 0.3) is 0 Å². The number of aryl methyl sites for hydroxylation is 2. The van der Waals surface area contributed by atoms with E-state index in [-0.39, 0.29) is 24.0 Å². The van der Waals surface area contributed by atoms with Gasteiger partial charge in [0.1, 0.15) is 0 Å². The number of nitriles is 1. The molecule has 2 fully saturated rings. The van der Waals surface area contributed by atoms with Gasteiger partial charge >= 0.3 is 0 Å². The van der Waals surface area contributed by atoms with Gasteiger partial charge in [-0.05, 0) is 81.8 Å². The van der Waals surface area contributed by atoms with Crippen LogP contribution in [0.4, 0.5) is 14.5 Å². The minimum atomic E-state index is -0.941. The average molecular weight is 654 g/mol. The van der Waals surface area contributed by atoms with Gasteiger partial charge in [-0.3, -0.25) is 4.99 Å². The molecule has 48 heavy (non-hydrogen) atoms. The fourth-order valence-corrected chi connectivity index (χ4v) is 6.20. The van der Waals surface area contributed by atoms with Crippen molar-refractivity contribution in [3.05, 3.63) is 102 Å². The Morgan fingerprint density at radius 1 is 1.06 bits per heavy atom. The quantitative estimate of drug-likeness (QED) is 0.179. The lowest BCUT2D eigenvalue weighted by molar-refractivity contribution is 0.203. The number of allylic oxidation sites excluding steroid dienone is 2. The molecule has 2 aromatic rings. The molecule has 2 saturated heterocycles. The summed E-state index contributed by atoms with van der Waals surface area (Å²) in [5.41, 5.74) is 6.60. The number of nitrogens with zero attached hydrogens (tertiary/aromatic N) is 5. The first kappa shape index (κ1) is 36.3. The molecule has 254 valence electrons. The highest BCUT2D eigenvalue weighted by Crippen LogP contribution is 2.28. The van der Waals surface area contributed by atoms with Crippen LogP contribution in [-0.4, -0.2) is 60.1 Å². The van der Waals surface area contributed by atoms with Crippen LogP contribution in [0.15, 0.2) is 77.6 Å². The predicted octanol–water partition coefficient (Wildman–Crippen LogP) is 8.09. The van der Waals surface area contributed by atoms with Crippen molar-refractivity contribution in [1.82, 2.24) is 15.1 Å². The largest absolute Gasteiger partial charge is 0.370 e. The zero-order chi connectivity index (χ0) is 34.8. The SMILES string of the molecule is C=C(c1ccc(NC(=N/C=C\C)/C(C)=N/C=C(\C)c2ccc(CCC#N)c(F)c2F)cc1C)N1CCN(C(=C)C2CC(CC)CN2)CC1. The zero-order valence-corrected chi connectivity index (χ0v) is 29.0. The Hall–Kier alpha value is -4.55. The number of rotatable bonds is 12. The Morgan fingerprint density at radius 2 is 1.77 bits per heavy atom.